The van der Waals surface area contributed by atoms with Crippen molar-refractivity contribution in [1.29, 1.82) is 5.41 Å². The van der Waals surface area contributed by atoms with Crippen LogP contribution in [0.1, 0.15) is 0 Å². The number of nitrogens with one attached hydrogen (secondary N) is 1. The Balaban J connectivity index is 0.00000162. The Morgan fingerprint density at radius 3 is 2.94 bits per heavy atom. The maximum atomic E-state index is 11.4. The summed E-state index contributed by atoms with van der Waals surface area (Å²) in [6.07, 6.45) is 2.51. The van der Waals surface area contributed by atoms with Crippen LogP contribution in [0, 0.1) is 5.41 Å². The first-order valence-corrected chi connectivity index (χ1v) is 6.08. The Morgan fingerprint density at radius 1 is 1.67 bits per heavy atom. The third-order valence-corrected chi connectivity index (χ3v) is 2.84. The second-order valence-electron chi connectivity index (χ2n) is 3.35. The van der Waals surface area contributed by atoms with Gasteiger partial charge in [0.05, 0.1) is 18.9 Å². The van der Waals surface area contributed by atoms with E-state index in [1.54, 1.807) is 0 Å². The fraction of sp³-hybridized carbons (Fsp3) is 0.250. The molecule has 0 spiro atoms. The SMILES string of the molecule is N=c1ccn(CC2=COP(=O)(O)OC2)c([O-])n1.[Na+]. The first-order valence-electron chi connectivity index (χ1n) is 4.59. The number of aromatic nitrogens is 2. The van der Waals surface area contributed by atoms with Gasteiger partial charge in [0.25, 0.3) is 0 Å². The van der Waals surface area contributed by atoms with Gasteiger partial charge in [-0.15, -0.1) is 0 Å². The maximum Gasteiger partial charge on any atom is 1.00 e. The fourth-order valence-corrected chi connectivity index (χ4v) is 1.89. The summed E-state index contributed by atoms with van der Waals surface area (Å²) >= 11 is 0. The Kier molecular flexibility index (Phi) is 5.15. The normalized spacial score (nSPS) is 22.6. The topological polar surface area (TPSA) is 120 Å². The van der Waals surface area contributed by atoms with Gasteiger partial charge in [0.2, 0.25) is 0 Å². The second kappa shape index (κ2) is 6.01. The average Bonchev–Trinajstić information content (AvgIpc) is 2.25. The van der Waals surface area contributed by atoms with E-state index in [1.165, 1.54) is 16.8 Å². The van der Waals surface area contributed by atoms with Crippen LogP contribution in [0.25, 0.3) is 0 Å². The van der Waals surface area contributed by atoms with Crippen LogP contribution in [0.3, 0.4) is 0 Å². The van der Waals surface area contributed by atoms with Crippen molar-refractivity contribution >= 4 is 7.82 Å². The van der Waals surface area contributed by atoms with Gasteiger partial charge in [-0.1, -0.05) is 0 Å². The monoisotopic (exact) mass is 281 g/mol. The van der Waals surface area contributed by atoms with Crippen molar-refractivity contribution in [2.24, 2.45) is 0 Å². The average molecular weight is 281 g/mol. The molecule has 2 N–H and O–H groups in total. The first-order chi connectivity index (χ1) is 7.96. The Labute approximate surface area is 124 Å². The van der Waals surface area contributed by atoms with Crippen LogP contribution in [0.2, 0.25) is 0 Å². The summed E-state index contributed by atoms with van der Waals surface area (Å²) < 4.78 is 21.2. The molecule has 8 nitrogen and oxygen atoms in total. The summed E-state index contributed by atoms with van der Waals surface area (Å²) in [6, 6.07) is 0.792. The third-order valence-electron chi connectivity index (χ3n) is 2.01. The van der Waals surface area contributed by atoms with Gasteiger partial charge in [-0.05, 0) is 6.07 Å². The maximum absolute atomic E-state index is 11.4. The van der Waals surface area contributed by atoms with Crippen LogP contribution in [0.15, 0.2) is 24.1 Å². The van der Waals surface area contributed by atoms with Crippen molar-refractivity contribution in [1.82, 2.24) is 9.55 Å². The van der Waals surface area contributed by atoms with E-state index in [4.69, 9.17) is 10.3 Å². The minimum atomic E-state index is -3.96. The van der Waals surface area contributed by atoms with Crippen molar-refractivity contribution in [3.05, 3.63) is 29.6 Å². The number of hydrogen-bond donors (Lipinski definition) is 2. The molecule has 1 aromatic heterocycles. The van der Waals surface area contributed by atoms with Gasteiger partial charge >= 0.3 is 37.4 Å². The van der Waals surface area contributed by atoms with Crippen molar-refractivity contribution in [2.75, 3.05) is 6.61 Å². The van der Waals surface area contributed by atoms with Gasteiger partial charge in [0.1, 0.15) is 5.49 Å². The summed E-state index contributed by atoms with van der Waals surface area (Å²) in [7, 11) is -3.96. The van der Waals surface area contributed by atoms with Crippen molar-refractivity contribution in [3.63, 3.8) is 0 Å². The van der Waals surface area contributed by atoms with E-state index >= 15 is 0 Å². The van der Waals surface area contributed by atoms with Gasteiger partial charge in [-0.3, -0.25) is 14.8 Å². The molecule has 0 aromatic carbocycles. The molecule has 1 aliphatic rings. The molecule has 0 saturated carbocycles. The molecule has 0 aliphatic carbocycles. The minimum absolute atomic E-state index is 0. The molecular weight excluding hydrogens is 272 g/mol. The zero-order chi connectivity index (χ0) is 12.5. The number of phosphoric ester groups is 1. The number of nitrogens with zero attached hydrogens (tertiary/aromatic N) is 2. The molecule has 0 bridgehead atoms. The minimum Gasteiger partial charge on any atom is -0.846 e. The van der Waals surface area contributed by atoms with Crippen LogP contribution in [0.5, 0.6) is 6.01 Å². The number of phosphoric acid groups is 1. The molecule has 1 atom stereocenters. The molecule has 0 saturated heterocycles. The molecule has 1 aliphatic heterocycles. The molecule has 2 rings (SSSR count). The van der Waals surface area contributed by atoms with Gasteiger partial charge in [-0.25, -0.2) is 9.55 Å². The third kappa shape index (κ3) is 3.94. The standard InChI is InChI=1S/C8H10N3O5P.Na/c9-7-1-2-11(8(12)10-7)3-6-4-15-17(13,14)16-5-6;/h1-2,4H,3,5H2,(H,13,14)(H2,9,10,12);/q;+1/p-1. The van der Waals surface area contributed by atoms with Gasteiger partial charge in [-0.2, -0.15) is 0 Å². The van der Waals surface area contributed by atoms with E-state index in [0.29, 0.717) is 5.57 Å². The summed E-state index contributed by atoms with van der Waals surface area (Å²) in [4.78, 5) is 12.3. The quantitative estimate of drug-likeness (QED) is 0.428. The number of hydrogen-bond acceptors (Lipinski definition) is 6. The van der Waals surface area contributed by atoms with E-state index in [9.17, 15) is 9.67 Å². The van der Waals surface area contributed by atoms with E-state index < -0.39 is 13.8 Å². The summed E-state index contributed by atoms with van der Waals surface area (Å²) in [5, 5.41) is 18.5. The molecule has 10 heteroatoms. The molecule has 1 unspecified atom stereocenters. The smallest absolute Gasteiger partial charge is 0.846 e. The molecule has 18 heavy (non-hydrogen) atoms. The van der Waals surface area contributed by atoms with Crippen LogP contribution >= 0.6 is 7.82 Å². The predicted molar refractivity (Wildman–Crippen MR) is 52.5 cm³/mol. The van der Waals surface area contributed by atoms with Crippen molar-refractivity contribution < 1.29 is 53.2 Å². The van der Waals surface area contributed by atoms with Crippen molar-refractivity contribution in [2.45, 2.75) is 6.54 Å². The van der Waals surface area contributed by atoms with E-state index in [-0.39, 0.29) is 48.2 Å². The van der Waals surface area contributed by atoms with Gasteiger partial charge in [0.15, 0.2) is 0 Å². The first kappa shape index (κ1) is 15.4. The Hall–Kier alpha value is -0.630. The zero-order valence-electron chi connectivity index (χ0n) is 9.57. The van der Waals surface area contributed by atoms with Crippen molar-refractivity contribution in [3.8, 4) is 6.01 Å². The largest absolute Gasteiger partial charge is 1.00 e. The van der Waals surface area contributed by atoms with E-state index in [2.05, 4.69) is 14.0 Å². The molecule has 0 amide bonds. The van der Waals surface area contributed by atoms with Gasteiger partial charge in [0, 0.05) is 18.3 Å². The van der Waals surface area contributed by atoms with Gasteiger partial charge < -0.3 is 14.2 Å². The van der Waals surface area contributed by atoms with Crippen LogP contribution in [0.4, 0.5) is 0 Å². The Morgan fingerprint density at radius 2 is 2.39 bits per heavy atom. The van der Waals surface area contributed by atoms with E-state index in [0.717, 1.165) is 6.26 Å². The summed E-state index contributed by atoms with van der Waals surface area (Å²) in [5.74, 6) is 0. The van der Waals surface area contributed by atoms with E-state index in [1.807, 2.05) is 0 Å². The van der Waals surface area contributed by atoms with Crippen LogP contribution < -0.4 is 40.2 Å². The molecule has 0 fully saturated rings. The van der Waals surface area contributed by atoms with Crippen LogP contribution in [-0.2, 0) is 20.2 Å². The zero-order valence-corrected chi connectivity index (χ0v) is 12.5. The summed E-state index contributed by atoms with van der Waals surface area (Å²) in [6.45, 7) is 0.0367. The molecular formula is C8H9N3NaO5P. The second-order valence-corrected chi connectivity index (χ2v) is 4.75. The molecule has 1 aromatic rings. The van der Waals surface area contributed by atoms with Crippen LogP contribution in [-0.4, -0.2) is 21.1 Å². The molecule has 0 radical (unpaired) electrons. The molecule has 92 valence electrons. The Bertz CT molecular complexity index is 572. The number of rotatable bonds is 2. The molecule has 2 heterocycles. The summed E-state index contributed by atoms with van der Waals surface area (Å²) in [5.41, 5.74) is 0.406. The fourth-order valence-electron chi connectivity index (χ4n) is 1.22. The predicted octanol–water partition coefficient (Wildman–Crippen LogP) is -3.53.